The number of hydrogen-bond acceptors (Lipinski definition) is 4. The minimum absolute atomic E-state index is 0.340. The van der Waals surface area contributed by atoms with Crippen molar-refractivity contribution >= 4 is 0 Å². The van der Waals surface area contributed by atoms with Gasteiger partial charge >= 0.3 is 0 Å². The Morgan fingerprint density at radius 2 is 1.76 bits per heavy atom. The highest BCUT2D eigenvalue weighted by atomic mass is 16.4. The van der Waals surface area contributed by atoms with E-state index in [1.165, 1.54) is 5.56 Å². The van der Waals surface area contributed by atoms with Crippen LogP contribution in [0.4, 0.5) is 0 Å². The molecule has 1 aromatic heterocycles. The van der Waals surface area contributed by atoms with Crippen LogP contribution in [0.2, 0.25) is 0 Å². The second-order valence-electron chi connectivity index (χ2n) is 6.26. The topological polar surface area (TPSA) is 73.6 Å². The standard InChI is InChI=1S/C21H15N3O/c22-12-14-3-1-5-16(9-14)17-7-8-19-20(11-17)25-21(24-19)18-6-2-4-15(10-18)13-23/h1-6,9-10,17H,7-8,11H2. The second-order valence-corrected chi connectivity index (χ2v) is 6.26. The molecule has 4 heteroatoms. The number of hydrogen-bond donors (Lipinski definition) is 0. The van der Waals surface area contributed by atoms with Gasteiger partial charge in [0.2, 0.25) is 5.89 Å². The summed E-state index contributed by atoms with van der Waals surface area (Å²) in [6.45, 7) is 0. The first-order valence-corrected chi connectivity index (χ1v) is 8.26. The summed E-state index contributed by atoms with van der Waals surface area (Å²) in [6, 6.07) is 19.5. The number of benzene rings is 2. The van der Waals surface area contributed by atoms with Crippen molar-refractivity contribution in [1.82, 2.24) is 4.98 Å². The highest BCUT2D eigenvalue weighted by Crippen LogP contribution is 2.35. The zero-order chi connectivity index (χ0) is 17.2. The highest BCUT2D eigenvalue weighted by molar-refractivity contribution is 5.57. The normalized spacial score (nSPS) is 15.8. The number of nitriles is 2. The number of aryl methyl sites for hydroxylation is 1. The van der Waals surface area contributed by atoms with Crippen LogP contribution >= 0.6 is 0 Å². The predicted molar refractivity (Wildman–Crippen MR) is 92.6 cm³/mol. The molecule has 1 aliphatic carbocycles. The molecule has 1 heterocycles. The number of fused-ring (bicyclic) bond motifs is 1. The molecule has 0 bridgehead atoms. The molecule has 120 valence electrons. The van der Waals surface area contributed by atoms with Gasteiger partial charge in [-0.05, 0) is 54.7 Å². The number of nitrogens with zero attached hydrogens (tertiary/aromatic N) is 3. The molecule has 0 saturated carbocycles. The molecule has 25 heavy (non-hydrogen) atoms. The van der Waals surface area contributed by atoms with Crippen molar-refractivity contribution in [2.45, 2.75) is 25.2 Å². The van der Waals surface area contributed by atoms with Crippen molar-refractivity contribution in [3.05, 3.63) is 76.7 Å². The van der Waals surface area contributed by atoms with Crippen LogP contribution in [-0.2, 0) is 12.8 Å². The summed E-state index contributed by atoms with van der Waals surface area (Å²) in [7, 11) is 0. The Morgan fingerprint density at radius 3 is 2.56 bits per heavy atom. The fourth-order valence-electron chi connectivity index (χ4n) is 3.37. The van der Waals surface area contributed by atoms with Crippen LogP contribution in [0, 0.1) is 22.7 Å². The van der Waals surface area contributed by atoms with Gasteiger partial charge in [0, 0.05) is 12.0 Å². The van der Waals surface area contributed by atoms with Gasteiger partial charge in [0.1, 0.15) is 5.76 Å². The zero-order valence-electron chi connectivity index (χ0n) is 13.6. The Bertz CT molecular complexity index is 1020. The largest absolute Gasteiger partial charge is 0.441 e. The molecule has 0 saturated heterocycles. The Labute approximate surface area is 146 Å². The first kappa shape index (κ1) is 15.2. The fourth-order valence-corrected chi connectivity index (χ4v) is 3.37. The van der Waals surface area contributed by atoms with E-state index >= 15 is 0 Å². The lowest BCUT2D eigenvalue weighted by molar-refractivity contribution is 0.458. The maximum atomic E-state index is 9.09. The van der Waals surface area contributed by atoms with Gasteiger partial charge in [0.25, 0.3) is 0 Å². The predicted octanol–water partition coefficient (Wildman–Crippen LogP) is 4.36. The summed E-state index contributed by atoms with van der Waals surface area (Å²) in [4.78, 5) is 4.63. The molecule has 1 unspecified atom stereocenters. The number of rotatable bonds is 2. The maximum Gasteiger partial charge on any atom is 0.226 e. The number of oxazole rings is 1. The maximum absolute atomic E-state index is 9.09. The van der Waals surface area contributed by atoms with Gasteiger partial charge in [-0.2, -0.15) is 10.5 Å². The third kappa shape index (κ3) is 2.91. The summed E-state index contributed by atoms with van der Waals surface area (Å²) < 4.78 is 6.01. The molecule has 2 aromatic carbocycles. The van der Waals surface area contributed by atoms with E-state index in [9.17, 15) is 0 Å². The lowest BCUT2D eigenvalue weighted by Gasteiger charge is -2.20. The van der Waals surface area contributed by atoms with E-state index in [0.29, 0.717) is 22.9 Å². The van der Waals surface area contributed by atoms with Crippen LogP contribution in [0.25, 0.3) is 11.5 Å². The van der Waals surface area contributed by atoms with Gasteiger partial charge in [0.05, 0.1) is 29.0 Å². The third-order valence-corrected chi connectivity index (χ3v) is 4.67. The molecule has 1 aliphatic rings. The summed E-state index contributed by atoms with van der Waals surface area (Å²) >= 11 is 0. The van der Waals surface area contributed by atoms with Crippen LogP contribution in [0.15, 0.2) is 52.9 Å². The van der Waals surface area contributed by atoms with E-state index in [4.69, 9.17) is 14.9 Å². The Kier molecular flexibility index (Phi) is 3.80. The molecule has 0 fully saturated rings. The van der Waals surface area contributed by atoms with Gasteiger partial charge in [-0.25, -0.2) is 4.98 Å². The summed E-state index contributed by atoms with van der Waals surface area (Å²) in [5.74, 6) is 1.83. The van der Waals surface area contributed by atoms with Crippen LogP contribution in [-0.4, -0.2) is 4.98 Å². The lowest BCUT2D eigenvalue weighted by Crippen LogP contribution is -2.11. The van der Waals surface area contributed by atoms with Crippen molar-refractivity contribution in [2.75, 3.05) is 0 Å². The van der Waals surface area contributed by atoms with Crippen molar-refractivity contribution in [3.63, 3.8) is 0 Å². The van der Waals surface area contributed by atoms with E-state index in [0.717, 1.165) is 36.3 Å². The van der Waals surface area contributed by atoms with E-state index in [-0.39, 0.29) is 0 Å². The molecule has 0 radical (unpaired) electrons. The summed E-state index contributed by atoms with van der Waals surface area (Å²) in [5.41, 5.74) is 4.30. The lowest BCUT2D eigenvalue weighted by atomic mass is 9.84. The van der Waals surface area contributed by atoms with Gasteiger partial charge in [-0.15, -0.1) is 0 Å². The van der Waals surface area contributed by atoms with Gasteiger partial charge in [-0.1, -0.05) is 18.2 Å². The fraction of sp³-hybridized carbons (Fsp3) is 0.190. The van der Waals surface area contributed by atoms with Crippen LogP contribution in [0.5, 0.6) is 0 Å². The Morgan fingerprint density at radius 1 is 1.00 bits per heavy atom. The van der Waals surface area contributed by atoms with E-state index in [1.54, 1.807) is 12.1 Å². The molecule has 0 N–H and O–H groups in total. The molecule has 4 nitrogen and oxygen atoms in total. The van der Waals surface area contributed by atoms with Gasteiger partial charge in [-0.3, -0.25) is 0 Å². The molecule has 0 amide bonds. The molecular weight excluding hydrogens is 310 g/mol. The minimum Gasteiger partial charge on any atom is -0.441 e. The first-order chi connectivity index (χ1) is 12.3. The Balaban J connectivity index is 1.63. The second kappa shape index (κ2) is 6.26. The third-order valence-electron chi connectivity index (χ3n) is 4.67. The quantitative estimate of drug-likeness (QED) is 0.701. The summed E-state index contributed by atoms with van der Waals surface area (Å²) in [5, 5.41) is 18.1. The van der Waals surface area contributed by atoms with E-state index < -0.39 is 0 Å². The molecular formula is C21H15N3O. The Hall–Kier alpha value is -3.37. The average Bonchev–Trinajstić information content (AvgIpc) is 3.11. The van der Waals surface area contributed by atoms with E-state index in [2.05, 4.69) is 23.2 Å². The van der Waals surface area contributed by atoms with Gasteiger partial charge < -0.3 is 4.42 Å². The SMILES string of the molecule is N#Cc1cccc(-c2nc3c(o2)CC(c2cccc(C#N)c2)CC3)c1. The van der Waals surface area contributed by atoms with E-state index in [1.807, 2.05) is 30.3 Å². The number of aromatic nitrogens is 1. The van der Waals surface area contributed by atoms with Crippen molar-refractivity contribution in [2.24, 2.45) is 0 Å². The monoisotopic (exact) mass is 325 g/mol. The van der Waals surface area contributed by atoms with Crippen LogP contribution in [0.1, 0.15) is 40.5 Å². The smallest absolute Gasteiger partial charge is 0.226 e. The first-order valence-electron chi connectivity index (χ1n) is 8.26. The average molecular weight is 325 g/mol. The van der Waals surface area contributed by atoms with Crippen molar-refractivity contribution in [3.8, 4) is 23.6 Å². The molecule has 0 aliphatic heterocycles. The molecule has 3 aromatic rings. The van der Waals surface area contributed by atoms with Crippen molar-refractivity contribution < 1.29 is 4.42 Å². The van der Waals surface area contributed by atoms with Crippen LogP contribution < -0.4 is 0 Å². The molecule has 0 spiro atoms. The highest BCUT2D eigenvalue weighted by Gasteiger charge is 2.25. The summed E-state index contributed by atoms with van der Waals surface area (Å²) in [6.07, 6.45) is 2.64. The van der Waals surface area contributed by atoms with Crippen molar-refractivity contribution in [1.29, 1.82) is 10.5 Å². The zero-order valence-corrected chi connectivity index (χ0v) is 13.6. The van der Waals surface area contributed by atoms with Crippen LogP contribution in [0.3, 0.4) is 0 Å². The van der Waals surface area contributed by atoms with Gasteiger partial charge in [0.15, 0.2) is 0 Å². The minimum atomic E-state index is 0.340. The molecule has 1 atom stereocenters. The molecule has 4 rings (SSSR count).